The highest BCUT2D eigenvalue weighted by molar-refractivity contribution is 5.85. The van der Waals surface area contributed by atoms with Crippen molar-refractivity contribution < 1.29 is 32.2 Å². The van der Waals surface area contributed by atoms with Gasteiger partial charge in [-0.1, -0.05) is 0 Å². The van der Waals surface area contributed by atoms with E-state index in [9.17, 15) is 22.8 Å². The number of halogens is 3. The zero-order valence-electron chi connectivity index (χ0n) is 13.7. The Labute approximate surface area is 133 Å². The van der Waals surface area contributed by atoms with Gasteiger partial charge in [-0.25, -0.2) is 4.79 Å². The summed E-state index contributed by atoms with van der Waals surface area (Å²) in [5, 5.41) is 2.42. The highest BCUT2D eigenvalue weighted by Gasteiger charge is 2.36. The number of alkyl halides is 3. The van der Waals surface area contributed by atoms with Gasteiger partial charge in [0.25, 0.3) is 0 Å². The van der Waals surface area contributed by atoms with Crippen LogP contribution in [0, 0.1) is 0 Å². The van der Waals surface area contributed by atoms with Crippen LogP contribution in [0.15, 0.2) is 0 Å². The first kappa shape index (κ1) is 19.5. The molecule has 0 aliphatic carbocycles. The summed E-state index contributed by atoms with van der Waals surface area (Å²) in [7, 11) is 0. The average molecular weight is 340 g/mol. The lowest BCUT2D eigenvalue weighted by atomic mass is 10.1. The van der Waals surface area contributed by atoms with Crippen LogP contribution in [-0.4, -0.2) is 54.1 Å². The predicted octanol–water partition coefficient (Wildman–Crippen LogP) is 2.43. The van der Waals surface area contributed by atoms with Crippen LogP contribution in [-0.2, 0) is 14.3 Å². The van der Waals surface area contributed by atoms with Crippen molar-refractivity contribution >= 4 is 12.0 Å². The molecule has 2 amide bonds. The highest BCUT2D eigenvalue weighted by Crippen LogP contribution is 2.24. The fraction of sp³-hybridized carbons (Fsp3) is 0.857. The summed E-state index contributed by atoms with van der Waals surface area (Å²) in [5.41, 5.74) is -0.680. The van der Waals surface area contributed by atoms with E-state index < -0.39 is 30.2 Å². The lowest BCUT2D eigenvalue weighted by Crippen LogP contribution is -2.51. The van der Waals surface area contributed by atoms with E-state index in [2.05, 4.69) is 10.1 Å². The van der Waals surface area contributed by atoms with Gasteiger partial charge < -0.3 is 15.0 Å². The van der Waals surface area contributed by atoms with Gasteiger partial charge in [0, 0.05) is 13.1 Å². The minimum absolute atomic E-state index is 0.102. The molecule has 0 unspecified atom stereocenters. The Kier molecular flexibility index (Phi) is 6.26. The zero-order valence-corrected chi connectivity index (χ0v) is 13.7. The molecule has 0 spiro atoms. The predicted molar refractivity (Wildman–Crippen MR) is 75.6 cm³/mol. The molecule has 0 radical (unpaired) electrons. The van der Waals surface area contributed by atoms with Crippen LogP contribution in [0.3, 0.4) is 0 Å². The fourth-order valence-corrected chi connectivity index (χ4v) is 2.20. The Morgan fingerprint density at radius 1 is 1.17 bits per heavy atom. The number of nitrogens with zero attached hydrogens (tertiary/aromatic N) is 1. The normalized spacial score (nSPS) is 18.5. The number of amides is 2. The molecule has 0 bridgehead atoms. The zero-order chi connectivity index (χ0) is 17.8. The molecule has 0 aromatic carbocycles. The van der Waals surface area contributed by atoms with E-state index in [1.165, 1.54) is 11.8 Å². The van der Waals surface area contributed by atoms with Crippen molar-refractivity contribution in [2.24, 2.45) is 0 Å². The Morgan fingerprint density at radius 3 is 2.13 bits per heavy atom. The number of carbonyl (C=O) groups is 2. The van der Waals surface area contributed by atoms with E-state index >= 15 is 0 Å². The van der Waals surface area contributed by atoms with Crippen LogP contribution in [0.1, 0.15) is 40.5 Å². The van der Waals surface area contributed by atoms with Crippen molar-refractivity contribution in [3.05, 3.63) is 0 Å². The molecule has 1 heterocycles. The molecule has 1 saturated heterocycles. The summed E-state index contributed by atoms with van der Waals surface area (Å²) in [6, 6.07) is -0.815. The minimum atomic E-state index is -4.66. The molecule has 0 saturated carbocycles. The second-order valence-electron chi connectivity index (χ2n) is 6.46. The second-order valence-corrected chi connectivity index (χ2v) is 6.46. The summed E-state index contributed by atoms with van der Waals surface area (Å²) < 4.78 is 45.4. The number of rotatable bonds is 3. The van der Waals surface area contributed by atoms with Gasteiger partial charge >= 0.3 is 12.5 Å². The number of hydrogen-bond acceptors (Lipinski definition) is 4. The number of hydrogen-bond donors (Lipinski definition) is 1. The van der Waals surface area contributed by atoms with Crippen molar-refractivity contribution in [1.29, 1.82) is 0 Å². The molecule has 1 atom stereocenters. The van der Waals surface area contributed by atoms with Gasteiger partial charge in [-0.3, -0.25) is 9.53 Å². The van der Waals surface area contributed by atoms with Crippen molar-refractivity contribution in [2.45, 2.75) is 64.6 Å². The van der Waals surface area contributed by atoms with E-state index in [0.29, 0.717) is 0 Å². The summed E-state index contributed by atoms with van der Waals surface area (Å²) in [4.78, 5) is 25.2. The smallest absolute Gasteiger partial charge is 0.444 e. The van der Waals surface area contributed by atoms with Crippen LogP contribution in [0.5, 0.6) is 0 Å². The largest absolute Gasteiger partial charge is 0.522 e. The number of likely N-dealkylation sites (tertiary alicyclic amines) is 1. The number of nitrogens with one attached hydrogen (secondary N) is 1. The third-order valence-electron chi connectivity index (χ3n) is 3.16. The van der Waals surface area contributed by atoms with Crippen LogP contribution in [0.25, 0.3) is 0 Å². The maximum absolute atomic E-state index is 12.2. The van der Waals surface area contributed by atoms with E-state index in [0.717, 1.165) is 0 Å². The minimum Gasteiger partial charge on any atom is -0.444 e. The molecule has 1 N–H and O–H groups in total. The third-order valence-corrected chi connectivity index (χ3v) is 3.16. The van der Waals surface area contributed by atoms with Crippen molar-refractivity contribution in [1.82, 2.24) is 10.2 Å². The van der Waals surface area contributed by atoms with Crippen LogP contribution in [0.2, 0.25) is 0 Å². The Hall–Kier alpha value is -1.51. The first-order valence-electron chi connectivity index (χ1n) is 7.40. The Balaban J connectivity index is 2.42. The standard InChI is InChI=1S/C14H23F3N2O4/c1-9(18-12(21)23-13(2,3)4)11(20)19-7-5-10(6-8-19)22-14(15,16)17/h9-10H,5-8H2,1-4H3,(H,18,21)/t9-/m1/s1. The molecule has 6 nitrogen and oxygen atoms in total. The third kappa shape index (κ3) is 7.54. The fourth-order valence-electron chi connectivity index (χ4n) is 2.20. The molecule has 0 aromatic rings. The molecule has 1 aliphatic heterocycles. The van der Waals surface area contributed by atoms with E-state index in [1.54, 1.807) is 20.8 Å². The maximum Gasteiger partial charge on any atom is 0.522 e. The molecule has 134 valence electrons. The number of ether oxygens (including phenoxy) is 2. The van der Waals surface area contributed by atoms with Gasteiger partial charge in [-0.2, -0.15) is 0 Å². The molecular formula is C14H23F3N2O4. The van der Waals surface area contributed by atoms with Gasteiger partial charge in [-0.15, -0.1) is 13.2 Å². The molecule has 0 aromatic heterocycles. The van der Waals surface area contributed by atoms with E-state index in [1.807, 2.05) is 0 Å². The van der Waals surface area contributed by atoms with Gasteiger partial charge in [0.05, 0.1) is 6.10 Å². The average Bonchev–Trinajstić information content (AvgIpc) is 2.34. The monoisotopic (exact) mass is 340 g/mol. The van der Waals surface area contributed by atoms with Crippen molar-refractivity contribution in [3.8, 4) is 0 Å². The molecular weight excluding hydrogens is 317 g/mol. The van der Waals surface area contributed by atoms with E-state index in [-0.39, 0.29) is 31.8 Å². The Bertz CT molecular complexity index is 427. The summed E-state index contributed by atoms with van der Waals surface area (Å²) in [5.74, 6) is -0.360. The summed E-state index contributed by atoms with van der Waals surface area (Å²) in [6.45, 7) is 6.91. The van der Waals surface area contributed by atoms with Crippen molar-refractivity contribution in [3.63, 3.8) is 0 Å². The number of carbonyl (C=O) groups excluding carboxylic acids is 2. The lowest BCUT2D eigenvalue weighted by Gasteiger charge is -2.33. The molecule has 1 rings (SSSR count). The molecule has 1 aliphatic rings. The second kappa shape index (κ2) is 7.37. The quantitative estimate of drug-likeness (QED) is 0.857. The van der Waals surface area contributed by atoms with Crippen molar-refractivity contribution in [2.75, 3.05) is 13.1 Å². The summed E-state index contributed by atoms with van der Waals surface area (Å²) >= 11 is 0. The van der Waals surface area contributed by atoms with Crippen LogP contribution >= 0.6 is 0 Å². The lowest BCUT2D eigenvalue weighted by molar-refractivity contribution is -0.345. The number of piperidine rings is 1. The van der Waals surface area contributed by atoms with Gasteiger partial charge in [0.2, 0.25) is 5.91 Å². The highest BCUT2D eigenvalue weighted by atomic mass is 19.4. The topological polar surface area (TPSA) is 67.9 Å². The number of alkyl carbamates (subject to hydrolysis) is 1. The molecule has 1 fully saturated rings. The first-order chi connectivity index (χ1) is 10.4. The van der Waals surface area contributed by atoms with Crippen LogP contribution < -0.4 is 5.32 Å². The summed E-state index contributed by atoms with van der Waals surface area (Å²) in [6.07, 6.45) is -6.11. The first-order valence-corrected chi connectivity index (χ1v) is 7.40. The molecule has 23 heavy (non-hydrogen) atoms. The SMILES string of the molecule is C[C@@H](NC(=O)OC(C)(C)C)C(=O)N1CCC(OC(F)(F)F)CC1. The van der Waals surface area contributed by atoms with Gasteiger partial charge in [0.15, 0.2) is 0 Å². The maximum atomic E-state index is 12.2. The van der Waals surface area contributed by atoms with E-state index in [4.69, 9.17) is 4.74 Å². The van der Waals surface area contributed by atoms with Gasteiger partial charge in [0.1, 0.15) is 11.6 Å². The van der Waals surface area contributed by atoms with Crippen LogP contribution in [0.4, 0.5) is 18.0 Å². The Morgan fingerprint density at radius 2 is 1.70 bits per heavy atom. The van der Waals surface area contributed by atoms with Gasteiger partial charge in [-0.05, 0) is 40.5 Å². The molecule has 9 heteroatoms.